The molecule has 0 aliphatic carbocycles. The molecule has 1 N–H and O–H groups in total. The largest absolute Gasteiger partial charge is 0.460 e. The van der Waals surface area contributed by atoms with Gasteiger partial charge in [0.1, 0.15) is 0 Å². The van der Waals surface area contributed by atoms with Crippen LogP contribution in [-0.2, 0) is 5.60 Å². The van der Waals surface area contributed by atoms with Crippen molar-refractivity contribution in [1.29, 1.82) is 0 Å². The SMILES string of the molecule is CC(O)(CC(F)(F)C(F)(F)C(F)(F)C(F)(F)F)c1ccccc1-c1ccccc1. The summed E-state index contributed by atoms with van der Waals surface area (Å²) in [6, 6.07) is 13.0. The Labute approximate surface area is 159 Å². The molecule has 2 rings (SSSR count). The molecule has 0 aromatic heterocycles. The molecule has 0 amide bonds. The molecule has 0 radical (unpaired) electrons. The summed E-state index contributed by atoms with van der Waals surface area (Å²) in [5.41, 5.74) is -2.68. The molecule has 160 valence electrons. The van der Waals surface area contributed by atoms with Crippen molar-refractivity contribution in [3.63, 3.8) is 0 Å². The highest BCUT2D eigenvalue weighted by Crippen LogP contribution is 2.56. The lowest BCUT2D eigenvalue weighted by Gasteiger charge is -2.37. The van der Waals surface area contributed by atoms with E-state index in [1.165, 1.54) is 30.3 Å². The topological polar surface area (TPSA) is 20.2 Å². The number of aliphatic hydroxyl groups is 1. The van der Waals surface area contributed by atoms with Crippen LogP contribution in [0, 0.1) is 0 Å². The summed E-state index contributed by atoms with van der Waals surface area (Å²) in [5.74, 6) is -19.7. The zero-order valence-electron chi connectivity index (χ0n) is 14.8. The summed E-state index contributed by atoms with van der Waals surface area (Å²) >= 11 is 0. The summed E-state index contributed by atoms with van der Waals surface area (Å²) in [4.78, 5) is 0. The van der Waals surface area contributed by atoms with Gasteiger partial charge in [-0.05, 0) is 23.6 Å². The Hall–Kier alpha value is -2.23. The van der Waals surface area contributed by atoms with Crippen LogP contribution in [0.4, 0.5) is 39.5 Å². The van der Waals surface area contributed by atoms with Crippen LogP contribution in [0.5, 0.6) is 0 Å². The van der Waals surface area contributed by atoms with Crippen molar-refractivity contribution < 1.29 is 44.6 Å². The lowest BCUT2D eigenvalue weighted by molar-refractivity contribution is -0.400. The molecular formula is C19H15F9O. The first-order valence-corrected chi connectivity index (χ1v) is 8.12. The van der Waals surface area contributed by atoms with E-state index < -0.39 is 36.0 Å². The van der Waals surface area contributed by atoms with E-state index >= 15 is 0 Å². The molecule has 0 fully saturated rings. The van der Waals surface area contributed by atoms with E-state index in [0.717, 1.165) is 6.07 Å². The normalized spacial score (nSPS) is 15.8. The molecule has 0 saturated heterocycles. The van der Waals surface area contributed by atoms with Crippen molar-refractivity contribution in [2.75, 3.05) is 0 Å². The molecule has 1 unspecified atom stereocenters. The molecule has 0 aliphatic heterocycles. The van der Waals surface area contributed by atoms with Gasteiger partial charge in [-0.2, -0.15) is 39.5 Å². The van der Waals surface area contributed by atoms with Crippen molar-refractivity contribution in [2.24, 2.45) is 0 Å². The van der Waals surface area contributed by atoms with E-state index in [4.69, 9.17) is 0 Å². The molecule has 2 aromatic rings. The number of rotatable bonds is 6. The van der Waals surface area contributed by atoms with Gasteiger partial charge in [0.25, 0.3) is 0 Å². The molecule has 0 heterocycles. The second kappa shape index (κ2) is 7.23. The van der Waals surface area contributed by atoms with Crippen LogP contribution in [0.2, 0.25) is 0 Å². The van der Waals surface area contributed by atoms with Crippen LogP contribution in [0.1, 0.15) is 18.9 Å². The van der Waals surface area contributed by atoms with Crippen LogP contribution in [0.3, 0.4) is 0 Å². The van der Waals surface area contributed by atoms with E-state index in [0.29, 0.717) is 12.5 Å². The smallest absolute Gasteiger partial charge is 0.385 e. The lowest BCUT2D eigenvalue weighted by atomic mass is 9.82. The van der Waals surface area contributed by atoms with E-state index in [9.17, 15) is 44.6 Å². The molecule has 0 aliphatic rings. The van der Waals surface area contributed by atoms with Crippen LogP contribution >= 0.6 is 0 Å². The Kier molecular flexibility index (Phi) is 5.75. The third-order valence-electron chi connectivity index (χ3n) is 4.37. The van der Waals surface area contributed by atoms with E-state index in [2.05, 4.69) is 0 Å². The second-order valence-electron chi connectivity index (χ2n) is 6.71. The third-order valence-corrected chi connectivity index (χ3v) is 4.37. The summed E-state index contributed by atoms with van der Waals surface area (Å²) in [6.45, 7) is 0.643. The number of hydrogen-bond donors (Lipinski definition) is 1. The molecule has 0 saturated carbocycles. The Morgan fingerprint density at radius 2 is 1.17 bits per heavy atom. The first kappa shape index (κ1) is 23.1. The highest BCUT2D eigenvalue weighted by Gasteiger charge is 2.82. The Morgan fingerprint density at radius 1 is 0.690 bits per heavy atom. The van der Waals surface area contributed by atoms with E-state index in [-0.39, 0.29) is 11.1 Å². The van der Waals surface area contributed by atoms with Gasteiger partial charge in [0, 0.05) is 0 Å². The summed E-state index contributed by atoms with van der Waals surface area (Å²) in [7, 11) is 0. The summed E-state index contributed by atoms with van der Waals surface area (Å²) in [6.07, 6.45) is -9.28. The standard InChI is InChI=1S/C19H15F9O/c1-15(29,11-16(20,21)17(22,23)18(24,25)19(26,27)28)14-10-6-5-9-13(14)12-7-3-2-4-8-12/h2-10,29H,11H2,1H3. The number of benzene rings is 2. The summed E-state index contributed by atoms with van der Waals surface area (Å²) in [5, 5.41) is 10.5. The van der Waals surface area contributed by atoms with E-state index in [1.807, 2.05) is 0 Å². The second-order valence-corrected chi connectivity index (χ2v) is 6.71. The van der Waals surface area contributed by atoms with Crippen LogP contribution in [-0.4, -0.2) is 29.1 Å². The zero-order chi connectivity index (χ0) is 22.3. The van der Waals surface area contributed by atoms with Crippen molar-refractivity contribution in [3.8, 4) is 11.1 Å². The molecule has 10 heteroatoms. The molecule has 1 nitrogen and oxygen atoms in total. The minimum absolute atomic E-state index is 0.125. The Balaban J connectivity index is 2.49. The average Bonchev–Trinajstić information content (AvgIpc) is 2.60. The fraction of sp³-hybridized carbons (Fsp3) is 0.368. The van der Waals surface area contributed by atoms with Crippen molar-refractivity contribution in [1.82, 2.24) is 0 Å². The number of hydrogen-bond acceptors (Lipinski definition) is 1. The van der Waals surface area contributed by atoms with Gasteiger partial charge in [0.2, 0.25) is 0 Å². The van der Waals surface area contributed by atoms with Gasteiger partial charge in [-0.1, -0.05) is 54.6 Å². The first-order chi connectivity index (χ1) is 13.0. The highest BCUT2D eigenvalue weighted by molar-refractivity contribution is 5.68. The van der Waals surface area contributed by atoms with Gasteiger partial charge in [-0.15, -0.1) is 0 Å². The Morgan fingerprint density at radius 3 is 1.69 bits per heavy atom. The predicted molar refractivity (Wildman–Crippen MR) is 87.0 cm³/mol. The number of alkyl halides is 9. The van der Waals surface area contributed by atoms with Gasteiger partial charge in [0.05, 0.1) is 12.0 Å². The first-order valence-electron chi connectivity index (χ1n) is 8.12. The molecule has 2 aromatic carbocycles. The van der Waals surface area contributed by atoms with Crippen molar-refractivity contribution >= 4 is 0 Å². The molecule has 1 atom stereocenters. The van der Waals surface area contributed by atoms with Gasteiger partial charge in [0.15, 0.2) is 0 Å². The maximum Gasteiger partial charge on any atom is 0.460 e. The monoisotopic (exact) mass is 430 g/mol. The predicted octanol–water partition coefficient (Wildman–Crippen LogP) is 6.42. The molecule has 0 spiro atoms. The minimum atomic E-state index is -7.00. The number of halogens is 9. The van der Waals surface area contributed by atoms with Crippen molar-refractivity contribution in [3.05, 3.63) is 60.2 Å². The van der Waals surface area contributed by atoms with Gasteiger partial charge < -0.3 is 5.11 Å². The van der Waals surface area contributed by atoms with Gasteiger partial charge >= 0.3 is 23.9 Å². The lowest BCUT2D eigenvalue weighted by Crippen LogP contribution is -2.62. The van der Waals surface area contributed by atoms with Gasteiger partial charge in [-0.3, -0.25) is 0 Å². The third kappa shape index (κ3) is 4.08. The maximum absolute atomic E-state index is 14.1. The quantitative estimate of drug-likeness (QED) is 0.525. The highest BCUT2D eigenvalue weighted by atomic mass is 19.4. The average molecular weight is 430 g/mol. The molecular weight excluding hydrogens is 415 g/mol. The maximum atomic E-state index is 14.1. The minimum Gasteiger partial charge on any atom is -0.385 e. The fourth-order valence-electron chi connectivity index (χ4n) is 2.87. The summed E-state index contributed by atoms with van der Waals surface area (Å²) < 4.78 is 118. The van der Waals surface area contributed by atoms with E-state index in [1.54, 1.807) is 18.2 Å². The van der Waals surface area contributed by atoms with Crippen LogP contribution in [0.15, 0.2) is 54.6 Å². The zero-order valence-corrected chi connectivity index (χ0v) is 14.8. The Bertz CT molecular complexity index is 842. The van der Waals surface area contributed by atoms with Crippen LogP contribution in [0.25, 0.3) is 11.1 Å². The molecule has 29 heavy (non-hydrogen) atoms. The van der Waals surface area contributed by atoms with Gasteiger partial charge in [-0.25, -0.2) is 0 Å². The van der Waals surface area contributed by atoms with Crippen LogP contribution < -0.4 is 0 Å². The van der Waals surface area contributed by atoms with Crippen molar-refractivity contribution in [2.45, 2.75) is 42.9 Å². The molecule has 0 bridgehead atoms. The fourth-order valence-corrected chi connectivity index (χ4v) is 2.87.